The van der Waals surface area contributed by atoms with Gasteiger partial charge in [-0.2, -0.15) is 0 Å². The lowest BCUT2D eigenvalue weighted by atomic mass is 10.1. The van der Waals surface area contributed by atoms with Crippen LogP contribution in [-0.4, -0.2) is 42.6 Å². The lowest BCUT2D eigenvalue weighted by Crippen LogP contribution is -2.34. The fraction of sp³-hybridized carbons (Fsp3) is 0.385. The molecule has 18 heavy (non-hydrogen) atoms. The van der Waals surface area contributed by atoms with Crippen molar-refractivity contribution in [3.05, 3.63) is 29.8 Å². The number of methoxy groups -OCH3 is 1. The predicted molar refractivity (Wildman–Crippen MR) is 66.2 cm³/mol. The lowest BCUT2D eigenvalue weighted by molar-refractivity contribution is -0.145. The summed E-state index contributed by atoms with van der Waals surface area (Å²) in [7, 11) is 2.94. The number of esters is 1. The normalized spacial score (nSPS) is 11.7. The monoisotopic (exact) mass is 251 g/mol. The maximum Gasteiger partial charge on any atom is 0.310 e. The van der Waals surface area contributed by atoms with Gasteiger partial charge in [0.2, 0.25) is 0 Å². The molecule has 0 saturated heterocycles. The molecule has 0 aliphatic rings. The number of benzene rings is 1. The summed E-state index contributed by atoms with van der Waals surface area (Å²) in [5.74, 6) is -0.815. The van der Waals surface area contributed by atoms with Crippen LogP contribution in [0.25, 0.3) is 0 Å². The van der Waals surface area contributed by atoms with Crippen molar-refractivity contribution in [2.45, 2.75) is 6.92 Å². The predicted octanol–water partition coefficient (Wildman–Crippen LogP) is 1.27. The number of hydrogen-bond acceptors (Lipinski definition) is 4. The highest BCUT2D eigenvalue weighted by Crippen LogP contribution is 2.12. The number of amides is 1. The molecule has 0 radical (unpaired) electrons. The number of ether oxygens (including phenoxy) is 1. The molecule has 5 heteroatoms. The Morgan fingerprint density at radius 3 is 2.39 bits per heavy atom. The number of carbonyl (C=O) groups excluding carboxylic acids is 2. The third-order valence-corrected chi connectivity index (χ3v) is 2.61. The molecule has 1 aromatic carbocycles. The number of rotatable bonds is 4. The van der Waals surface area contributed by atoms with Gasteiger partial charge in [0, 0.05) is 19.2 Å². The number of phenols is 1. The van der Waals surface area contributed by atoms with Crippen molar-refractivity contribution in [2.24, 2.45) is 5.92 Å². The number of carbonyl (C=O) groups is 2. The Kier molecular flexibility index (Phi) is 4.71. The van der Waals surface area contributed by atoms with Crippen LogP contribution in [0.15, 0.2) is 24.3 Å². The smallest absolute Gasteiger partial charge is 0.310 e. The van der Waals surface area contributed by atoms with Crippen LogP contribution in [0.5, 0.6) is 5.75 Å². The molecule has 0 spiro atoms. The zero-order valence-corrected chi connectivity index (χ0v) is 10.7. The third-order valence-electron chi connectivity index (χ3n) is 2.61. The first-order valence-electron chi connectivity index (χ1n) is 5.58. The van der Waals surface area contributed by atoms with E-state index in [1.54, 1.807) is 14.0 Å². The van der Waals surface area contributed by atoms with Crippen LogP contribution < -0.4 is 0 Å². The van der Waals surface area contributed by atoms with Crippen molar-refractivity contribution in [1.29, 1.82) is 0 Å². The highest BCUT2D eigenvalue weighted by molar-refractivity contribution is 5.94. The second-order valence-corrected chi connectivity index (χ2v) is 4.16. The molecule has 5 nitrogen and oxygen atoms in total. The first-order chi connectivity index (χ1) is 8.45. The van der Waals surface area contributed by atoms with Gasteiger partial charge < -0.3 is 14.7 Å². The molecule has 1 aromatic rings. The van der Waals surface area contributed by atoms with E-state index in [0.717, 1.165) is 0 Å². The van der Waals surface area contributed by atoms with E-state index in [9.17, 15) is 9.59 Å². The molecule has 1 N–H and O–H groups in total. The zero-order valence-electron chi connectivity index (χ0n) is 10.7. The summed E-state index contributed by atoms with van der Waals surface area (Å²) in [6.07, 6.45) is 0. The summed E-state index contributed by atoms with van der Waals surface area (Å²) in [5, 5.41) is 9.14. The number of aromatic hydroxyl groups is 1. The van der Waals surface area contributed by atoms with Gasteiger partial charge in [-0.05, 0) is 24.3 Å². The quantitative estimate of drug-likeness (QED) is 0.818. The number of phenolic OH excluding ortho intramolecular Hbond substituents is 1. The third kappa shape index (κ3) is 3.48. The van der Waals surface area contributed by atoms with Crippen molar-refractivity contribution >= 4 is 11.9 Å². The number of hydrogen-bond donors (Lipinski definition) is 1. The second kappa shape index (κ2) is 6.05. The van der Waals surface area contributed by atoms with E-state index < -0.39 is 0 Å². The van der Waals surface area contributed by atoms with Crippen LogP contribution >= 0.6 is 0 Å². The summed E-state index contributed by atoms with van der Waals surface area (Å²) in [6, 6.07) is 5.98. The van der Waals surface area contributed by atoms with Gasteiger partial charge in [0.1, 0.15) is 5.75 Å². The minimum absolute atomic E-state index is 0.108. The molecular weight excluding hydrogens is 234 g/mol. The average molecular weight is 251 g/mol. The second-order valence-electron chi connectivity index (χ2n) is 4.16. The Labute approximate surface area is 106 Å². The molecule has 1 atom stereocenters. The molecule has 0 aromatic heterocycles. The summed E-state index contributed by atoms with van der Waals surface area (Å²) < 4.78 is 4.60. The van der Waals surface area contributed by atoms with Crippen molar-refractivity contribution in [2.75, 3.05) is 20.7 Å². The molecule has 1 rings (SSSR count). The standard InChI is InChI=1S/C13H17NO4/c1-9(13(17)18-3)8-14(2)12(16)10-4-6-11(15)7-5-10/h4-7,9,15H,8H2,1-3H3. The molecule has 0 aliphatic carbocycles. The van der Waals surface area contributed by atoms with E-state index in [4.69, 9.17) is 5.11 Å². The Morgan fingerprint density at radius 2 is 1.89 bits per heavy atom. The van der Waals surface area contributed by atoms with Crippen LogP contribution in [0.3, 0.4) is 0 Å². The zero-order chi connectivity index (χ0) is 13.7. The molecule has 0 aliphatic heterocycles. The summed E-state index contributed by atoms with van der Waals surface area (Å²) in [4.78, 5) is 24.7. The van der Waals surface area contributed by atoms with E-state index >= 15 is 0 Å². The highest BCUT2D eigenvalue weighted by Gasteiger charge is 2.19. The first-order valence-corrected chi connectivity index (χ1v) is 5.58. The van der Waals surface area contributed by atoms with Crippen molar-refractivity contribution in [3.8, 4) is 5.75 Å². The van der Waals surface area contributed by atoms with Crippen molar-refractivity contribution in [3.63, 3.8) is 0 Å². The van der Waals surface area contributed by atoms with Gasteiger partial charge in [0.05, 0.1) is 13.0 Å². The van der Waals surface area contributed by atoms with E-state index in [0.29, 0.717) is 5.56 Å². The molecule has 1 unspecified atom stereocenters. The minimum Gasteiger partial charge on any atom is -0.508 e. The first kappa shape index (κ1) is 14.0. The van der Waals surface area contributed by atoms with Crippen molar-refractivity contribution < 1.29 is 19.4 Å². The number of nitrogens with zero attached hydrogens (tertiary/aromatic N) is 1. The van der Waals surface area contributed by atoms with E-state index in [1.807, 2.05) is 0 Å². The minimum atomic E-state index is -0.374. The van der Waals surface area contributed by atoms with Gasteiger partial charge in [-0.15, -0.1) is 0 Å². The maximum absolute atomic E-state index is 12.0. The lowest BCUT2D eigenvalue weighted by Gasteiger charge is -2.20. The van der Waals surface area contributed by atoms with Crippen molar-refractivity contribution in [1.82, 2.24) is 4.90 Å². The fourth-order valence-corrected chi connectivity index (χ4v) is 1.59. The Bertz CT molecular complexity index is 427. The Hall–Kier alpha value is -2.04. The highest BCUT2D eigenvalue weighted by atomic mass is 16.5. The van der Waals surface area contributed by atoms with E-state index in [2.05, 4.69) is 4.74 Å². The molecule has 0 heterocycles. The molecule has 0 saturated carbocycles. The molecule has 0 fully saturated rings. The molecule has 98 valence electrons. The van der Waals surface area contributed by atoms with Crippen LogP contribution in [0.1, 0.15) is 17.3 Å². The Morgan fingerprint density at radius 1 is 1.33 bits per heavy atom. The van der Waals surface area contributed by atoms with E-state index in [1.165, 1.54) is 36.3 Å². The fourth-order valence-electron chi connectivity index (χ4n) is 1.59. The molecule has 1 amide bonds. The summed E-state index contributed by atoms with van der Waals surface area (Å²) >= 11 is 0. The van der Waals surface area contributed by atoms with Gasteiger partial charge in [-0.25, -0.2) is 0 Å². The summed E-state index contributed by atoms with van der Waals surface area (Å²) in [5.41, 5.74) is 0.465. The molecular formula is C13H17NO4. The maximum atomic E-state index is 12.0. The van der Waals surface area contributed by atoms with Gasteiger partial charge in [0.25, 0.3) is 5.91 Å². The van der Waals surface area contributed by atoms with Gasteiger partial charge in [-0.3, -0.25) is 9.59 Å². The SMILES string of the molecule is COC(=O)C(C)CN(C)C(=O)c1ccc(O)cc1. The van der Waals surface area contributed by atoms with Crippen LogP contribution in [0.2, 0.25) is 0 Å². The van der Waals surface area contributed by atoms with Gasteiger partial charge in [0.15, 0.2) is 0 Å². The Balaban J connectivity index is 2.67. The van der Waals surface area contributed by atoms with Gasteiger partial charge >= 0.3 is 5.97 Å². The van der Waals surface area contributed by atoms with E-state index in [-0.39, 0.29) is 30.1 Å². The largest absolute Gasteiger partial charge is 0.508 e. The summed E-state index contributed by atoms with van der Waals surface area (Å²) in [6.45, 7) is 1.98. The molecule has 0 bridgehead atoms. The topological polar surface area (TPSA) is 66.8 Å². The van der Waals surface area contributed by atoms with Crippen LogP contribution in [0.4, 0.5) is 0 Å². The van der Waals surface area contributed by atoms with Gasteiger partial charge in [-0.1, -0.05) is 6.92 Å². The van der Waals surface area contributed by atoms with Crippen LogP contribution in [0, 0.1) is 5.92 Å². The van der Waals surface area contributed by atoms with Crippen LogP contribution in [-0.2, 0) is 9.53 Å². The average Bonchev–Trinajstić information content (AvgIpc) is 2.37.